The number of nitrogens with zero attached hydrogens (tertiary/aromatic N) is 3. The number of fused-ring (bicyclic) bond motifs is 1. The molecule has 1 aromatic rings. The lowest BCUT2D eigenvalue weighted by molar-refractivity contribution is -0.142. The Morgan fingerprint density at radius 1 is 1.18 bits per heavy atom. The summed E-state index contributed by atoms with van der Waals surface area (Å²) >= 11 is 0. The molecular formula is C16H16F7N5. The summed E-state index contributed by atoms with van der Waals surface area (Å²) in [6.07, 6.45) is -6.69. The van der Waals surface area contributed by atoms with Crippen LogP contribution in [0.15, 0.2) is 22.1 Å². The third-order valence-corrected chi connectivity index (χ3v) is 4.30. The molecule has 28 heavy (non-hydrogen) atoms. The van der Waals surface area contributed by atoms with Gasteiger partial charge < -0.3 is 5.32 Å². The van der Waals surface area contributed by atoms with Crippen molar-refractivity contribution in [3.8, 4) is 0 Å². The molecule has 5 nitrogen and oxygen atoms in total. The Labute approximate surface area is 155 Å². The lowest BCUT2D eigenvalue weighted by Crippen LogP contribution is -2.62. The van der Waals surface area contributed by atoms with E-state index in [1.807, 2.05) is 0 Å². The maximum Gasteiger partial charge on any atom is 0.422 e. The fourth-order valence-electron chi connectivity index (χ4n) is 3.17. The number of guanidine groups is 1. The van der Waals surface area contributed by atoms with Gasteiger partial charge in [-0.25, -0.2) is 32.6 Å². The van der Waals surface area contributed by atoms with E-state index in [9.17, 15) is 30.7 Å². The molecular weight excluding hydrogens is 395 g/mol. The van der Waals surface area contributed by atoms with Crippen LogP contribution in [0.2, 0.25) is 0 Å². The molecule has 0 saturated carbocycles. The molecule has 1 aromatic carbocycles. The van der Waals surface area contributed by atoms with Crippen LogP contribution in [0.5, 0.6) is 0 Å². The topological polar surface area (TPSA) is 52.0 Å². The highest BCUT2D eigenvalue weighted by Crippen LogP contribution is 2.37. The Morgan fingerprint density at radius 3 is 2.25 bits per heavy atom. The minimum Gasteiger partial charge on any atom is -0.361 e. The van der Waals surface area contributed by atoms with Crippen molar-refractivity contribution in [1.29, 1.82) is 0 Å². The monoisotopic (exact) mass is 411 g/mol. The van der Waals surface area contributed by atoms with Crippen molar-refractivity contribution in [2.24, 2.45) is 9.98 Å². The van der Waals surface area contributed by atoms with E-state index in [0.29, 0.717) is 24.8 Å². The molecule has 2 aliphatic rings. The molecule has 0 spiro atoms. The summed E-state index contributed by atoms with van der Waals surface area (Å²) in [5, 5.41) is 3.88. The number of rotatable bonds is 3. The summed E-state index contributed by atoms with van der Waals surface area (Å²) < 4.78 is 93.2. The van der Waals surface area contributed by atoms with Gasteiger partial charge in [-0.1, -0.05) is 0 Å². The number of hydrogen-bond acceptors (Lipinski definition) is 5. The van der Waals surface area contributed by atoms with Crippen molar-refractivity contribution in [2.75, 3.05) is 5.32 Å². The first-order chi connectivity index (χ1) is 12.7. The Morgan fingerprint density at radius 2 is 1.75 bits per heavy atom. The molecule has 0 saturated heterocycles. The second kappa shape index (κ2) is 6.33. The van der Waals surface area contributed by atoms with E-state index in [1.54, 1.807) is 6.92 Å². The van der Waals surface area contributed by atoms with Gasteiger partial charge in [-0.2, -0.15) is 18.6 Å². The molecule has 0 radical (unpaired) electrons. The van der Waals surface area contributed by atoms with E-state index in [1.165, 1.54) is 11.9 Å². The van der Waals surface area contributed by atoms with Gasteiger partial charge >= 0.3 is 6.18 Å². The van der Waals surface area contributed by atoms with E-state index in [-0.39, 0.29) is 18.1 Å². The quantitative estimate of drug-likeness (QED) is 0.736. The van der Waals surface area contributed by atoms with E-state index in [0.717, 1.165) is 0 Å². The average molecular weight is 411 g/mol. The molecule has 2 heterocycles. The van der Waals surface area contributed by atoms with Crippen LogP contribution >= 0.6 is 0 Å². The number of hydrogen-bond donors (Lipinski definition) is 2. The van der Waals surface area contributed by atoms with Gasteiger partial charge in [-0.15, -0.1) is 0 Å². The first-order valence-corrected chi connectivity index (χ1v) is 8.11. The van der Waals surface area contributed by atoms with Gasteiger partial charge in [0.25, 0.3) is 5.92 Å². The first kappa shape index (κ1) is 20.4. The number of hydrazine groups is 1. The van der Waals surface area contributed by atoms with E-state index < -0.39 is 41.1 Å². The number of anilines is 1. The largest absolute Gasteiger partial charge is 0.422 e. The van der Waals surface area contributed by atoms with Gasteiger partial charge in [0.1, 0.15) is 22.9 Å². The van der Waals surface area contributed by atoms with E-state index in [2.05, 4.69) is 20.7 Å². The van der Waals surface area contributed by atoms with E-state index >= 15 is 0 Å². The van der Waals surface area contributed by atoms with Gasteiger partial charge in [0.2, 0.25) is 5.96 Å². The van der Waals surface area contributed by atoms with Crippen LogP contribution in [-0.2, 0) is 6.18 Å². The summed E-state index contributed by atoms with van der Waals surface area (Å²) in [4.78, 5) is 7.89. The second-order valence-electron chi connectivity index (χ2n) is 6.99. The molecule has 0 aromatic heterocycles. The number of nitrogens with one attached hydrogen (secondary N) is 2. The van der Waals surface area contributed by atoms with Crippen LogP contribution in [0, 0.1) is 11.6 Å². The maximum absolute atomic E-state index is 13.9. The maximum atomic E-state index is 13.9. The lowest BCUT2D eigenvalue weighted by atomic mass is 10.0. The second-order valence-corrected chi connectivity index (χ2v) is 6.99. The Bertz CT molecular complexity index is 835. The highest BCUT2D eigenvalue weighted by Gasteiger charge is 2.48. The molecule has 2 atom stereocenters. The normalized spacial score (nSPS) is 25.4. The highest BCUT2D eigenvalue weighted by atomic mass is 19.4. The van der Waals surface area contributed by atoms with Crippen molar-refractivity contribution in [1.82, 2.24) is 10.4 Å². The van der Waals surface area contributed by atoms with Crippen LogP contribution in [0.3, 0.4) is 0 Å². The van der Waals surface area contributed by atoms with Crippen LogP contribution in [0.25, 0.3) is 0 Å². The summed E-state index contributed by atoms with van der Waals surface area (Å²) in [5.74, 6) is -6.87. The molecule has 154 valence electrons. The first-order valence-electron chi connectivity index (χ1n) is 8.11. The third-order valence-electron chi connectivity index (χ3n) is 4.30. The molecule has 0 aliphatic carbocycles. The fourth-order valence-corrected chi connectivity index (χ4v) is 3.17. The predicted octanol–water partition coefficient (Wildman–Crippen LogP) is 4.13. The predicted molar refractivity (Wildman–Crippen MR) is 87.9 cm³/mol. The van der Waals surface area contributed by atoms with Crippen molar-refractivity contribution in [2.45, 2.75) is 51.1 Å². The zero-order valence-electron chi connectivity index (χ0n) is 14.9. The highest BCUT2D eigenvalue weighted by molar-refractivity contribution is 6.00. The van der Waals surface area contributed by atoms with Gasteiger partial charge in [0.15, 0.2) is 6.17 Å². The molecule has 0 amide bonds. The minimum absolute atomic E-state index is 0.0712. The SMILES string of the molecule is CC1=NC2=NC(C(C)(F)F)NN2C(C)(Nc2cc(F)c(C(F)(F)F)c(F)c2)C1. The molecule has 2 aliphatic heterocycles. The Kier molecular flexibility index (Phi) is 4.60. The van der Waals surface area contributed by atoms with Crippen molar-refractivity contribution >= 4 is 17.4 Å². The van der Waals surface area contributed by atoms with Gasteiger partial charge in [-0.05, 0) is 26.0 Å². The summed E-state index contributed by atoms with van der Waals surface area (Å²) in [6.45, 7) is 3.78. The van der Waals surface area contributed by atoms with Crippen LogP contribution < -0.4 is 10.7 Å². The Balaban J connectivity index is 1.94. The lowest BCUT2D eigenvalue weighted by Gasteiger charge is -2.43. The fraction of sp³-hybridized carbons (Fsp3) is 0.500. The summed E-state index contributed by atoms with van der Waals surface area (Å²) in [7, 11) is 0. The van der Waals surface area contributed by atoms with Crippen molar-refractivity contribution in [3.63, 3.8) is 0 Å². The van der Waals surface area contributed by atoms with Crippen LogP contribution in [0.4, 0.5) is 36.4 Å². The zero-order chi connectivity index (χ0) is 21.1. The molecule has 12 heteroatoms. The zero-order valence-corrected chi connectivity index (χ0v) is 14.9. The van der Waals surface area contributed by atoms with Gasteiger partial charge in [0.05, 0.1) is 0 Å². The van der Waals surface area contributed by atoms with E-state index in [4.69, 9.17) is 0 Å². The molecule has 3 rings (SSSR count). The standard InChI is InChI=1S/C16H16F7N5/c1-7-6-14(2,28-13(24-7)25-12(27-28)15(3,19)20)26-8-4-9(17)11(10(18)5-8)16(21,22)23/h4-5,12,26-27H,6H2,1-3H3. The molecule has 2 unspecified atom stereocenters. The number of benzene rings is 1. The summed E-state index contributed by atoms with van der Waals surface area (Å²) in [5.41, 5.74) is -0.618. The molecule has 2 N–H and O–H groups in total. The number of alkyl halides is 5. The third kappa shape index (κ3) is 3.64. The van der Waals surface area contributed by atoms with Crippen LogP contribution in [-0.4, -0.2) is 34.4 Å². The molecule has 0 bridgehead atoms. The summed E-state index contributed by atoms with van der Waals surface area (Å²) in [6, 6.07) is 0.994. The van der Waals surface area contributed by atoms with Crippen molar-refractivity contribution in [3.05, 3.63) is 29.3 Å². The van der Waals surface area contributed by atoms with Crippen molar-refractivity contribution < 1.29 is 30.7 Å². The number of halogens is 7. The van der Waals surface area contributed by atoms with Gasteiger partial charge in [-0.3, -0.25) is 0 Å². The van der Waals surface area contributed by atoms with Gasteiger partial charge in [0, 0.05) is 24.7 Å². The molecule has 0 fully saturated rings. The smallest absolute Gasteiger partial charge is 0.361 e. The van der Waals surface area contributed by atoms with Crippen LogP contribution in [0.1, 0.15) is 32.8 Å². The minimum atomic E-state index is -5.19. The average Bonchev–Trinajstić information content (AvgIpc) is 2.89. The number of aliphatic imine (C=N–C) groups is 2. The Hall–Kier alpha value is -2.37.